The summed E-state index contributed by atoms with van der Waals surface area (Å²) in [7, 11) is 0. The maximum atomic E-state index is 12.2. The van der Waals surface area contributed by atoms with Gasteiger partial charge in [0.1, 0.15) is 5.75 Å². The first-order valence-corrected chi connectivity index (χ1v) is 6.97. The number of alkyl halides is 3. The number of ether oxygens (including phenoxy) is 2. The third kappa shape index (κ3) is 4.92. The molecule has 0 atom stereocenters. The quantitative estimate of drug-likeness (QED) is 0.320. The van der Waals surface area contributed by atoms with Crippen molar-refractivity contribution in [3.8, 4) is 5.75 Å². The Morgan fingerprint density at radius 1 is 1.48 bits per heavy atom. The van der Waals surface area contributed by atoms with Gasteiger partial charge in [-0.15, -0.1) is 0 Å². The van der Waals surface area contributed by atoms with Crippen LogP contribution in [0.4, 0.5) is 14.5 Å². The molecule has 0 aliphatic carbocycles. The lowest BCUT2D eigenvalue weighted by Crippen LogP contribution is -2.12. The lowest BCUT2D eigenvalue weighted by Gasteiger charge is -2.11. The molecule has 0 saturated carbocycles. The summed E-state index contributed by atoms with van der Waals surface area (Å²) in [5, 5.41) is 11.2. The van der Waals surface area contributed by atoms with E-state index in [0.29, 0.717) is 5.56 Å². The number of nitro groups is 1. The number of carbonyl (C=O) groups is 1. The summed E-state index contributed by atoms with van der Waals surface area (Å²) in [6, 6.07) is 2.09. The van der Waals surface area contributed by atoms with Crippen molar-refractivity contribution in [3.63, 3.8) is 0 Å². The minimum Gasteiger partial charge on any atom is -0.466 e. The smallest absolute Gasteiger partial charge is 0.387 e. The highest BCUT2D eigenvalue weighted by atomic mass is 79.9. The molecule has 0 N–H and O–H groups in total. The van der Waals surface area contributed by atoms with Crippen LogP contribution in [0, 0.1) is 10.1 Å². The first-order chi connectivity index (χ1) is 9.88. The zero-order valence-corrected chi connectivity index (χ0v) is 12.6. The summed E-state index contributed by atoms with van der Waals surface area (Å²) in [6.45, 7) is -1.34. The molecule has 1 rings (SSSR count). The molecule has 0 aliphatic heterocycles. The number of nitrogens with zero attached hydrogens (tertiary/aromatic N) is 1. The first-order valence-electron chi connectivity index (χ1n) is 5.85. The van der Waals surface area contributed by atoms with E-state index in [1.165, 1.54) is 6.07 Å². The maximum absolute atomic E-state index is 12.2. The normalized spacial score (nSPS) is 10.5. The Morgan fingerprint density at radius 3 is 2.62 bits per heavy atom. The molecule has 1 aromatic rings. The van der Waals surface area contributed by atoms with E-state index in [1.54, 1.807) is 6.92 Å². The van der Waals surface area contributed by atoms with Gasteiger partial charge in [-0.2, -0.15) is 8.78 Å². The van der Waals surface area contributed by atoms with Crippen LogP contribution in [0.1, 0.15) is 18.1 Å². The number of nitro benzene ring substituents is 1. The van der Waals surface area contributed by atoms with Gasteiger partial charge in [0, 0.05) is 10.9 Å². The molecule has 116 valence electrons. The van der Waals surface area contributed by atoms with Crippen molar-refractivity contribution in [3.05, 3.63) is 33.4 Å². The molecule has 0 unspecified atom stereocenters. The highest BCUT2D eigenvalue weighted by Crippen LogP contribution is 2.31. The van der Waals surface area contributed by atoms with Gasteiger partial charge in [0.2, 0.25) is 0 Å². The molecule has 0 heterocycles. The molecule has 0 amide bonds. The fraction of sp³-hybridized carbons (Fsp3) is 0.417. The van der Waals surface area contributed by atoms with Crippen LogP contribution in [-0.4, -0.2) is 24.1 Å². The predicted octanol–water partition coefficient (Wildman–Crippen LogP) is 3.20. The van der Waals surface area contributed by atoms with E-state index < -0.39 is 23.2 Å². The third-order valence-electron chi connectivity index (χ3n) is 2.48. The van der Waals surface area contributed by atoms with Gasteiger partial charge < -0.3 is 9.47 Å². The Labute approximate surface area is 127 Å². The summed E-state index contributed by atoms with van der Waals surface area (Å²) in [4.78, 5) is 21.8. The molecule has 0 saturated heterocycles. The average molecular weight is 368 g/mol. The largest absolute Gasteiger partial charge is 0.466 e. The molecule has 1 aromatic carbocycles. The Morgan fingerprint density at radius 2 is 2.14 bits per heavy atom. The molecule has 0 radical (unpaired) electrons. The summed E-state index contributed by atoms with van der Waals surface area (Å²) < 4.78 is 33.4. The minimum absolute atomic E-state index is 0.108. The van der Waals surface area contributed by atoms with E-state index in [1.807, 2.05) is 0 Å². The Balaban J connectivity index is 3.25. The van der Waals surface area contributed by atoms with Crippen molar-refractivity contribution in [1.29, 1.82) is 0 Å². The number of halogens is 3. The molecule has 6 nitrogen and oxygen atoms in total. The van der Waals surface area contributed by atoms with Crippen molar-refractivity contribution >= 4 is 27.6 Å². The Bertz CT molecular complexity index is 539. The van der Waals surface area contributed by atoms with Crippen LogP contribution < -0.4 is 4.74 Å². The molecular weight excluding hydrogens is 356 g/mol. The van der Waals surface area contributed by atoms with Crippen molar-refractivity contribution in [2.24, 2.45) is 0 Å². The van der Waals surface area contributed by atoms with Crippen LogP contribution in [0.25, 0.3) is 0 Å². The van der Waals surface area contributed by atoms with Crippen molar-refractivity contribution in [1.82, 2.24) is 0 Å². The van der Waals surface area contributed by atoms with Gasteiger partial charge in [-0.3, -0.25) is 14.9 Å². The number of hydrogen-bond acceptors (Lipinski definition) is 5. The van der Waals surface area contributed by atoms with Crippen molar-refractivity contribution < 1.29 is 28.0 Å². The van der Waals surface area contributed by atoms with Crippen LogP contribution in [0.5, 0.6) is 5.75 Å². The number of benzene rings is 1. The van der Waals surface area contributed by atoms with E-state index in [4.69, 9.17) is 4.74 Å². The molecule has 0 aliphatic rings. The number of carbonyl (C=O) groups excluding carboxylic acids is 1. The average Bonchev–Trinajstić information content (AvgIpc) is 2.39. The summed E-state index contributed by atoms with van der Waals surface area (Å²) in [5.41, 5.74) is -0.0412. The number of esters is 1. The molecule has 0 fully saturated rings. The summed E-state index contributed by atoms with van der Waals surface area (Å²) >= 11 is 3.10. The van der Waals surface area contributed by atoms with E-state index >= 15 is 0 Å². The SMILES string of the molecule is CCOC(=O)Cc1c(CBr)cc(OC(F)F)cc1[N+](=O)[O-]. The standard InChI is InChI=1S/C12H12BrF2NO5/c1-2-20-11(17)5-9-7(6-13)3-8(21-12(14)15)4-10(9)16(18)19/h3-4,12H,2,5-6H2,1H3. The fourth-order valence-electron chi connectivity index (χ4n) is 1.70. The molecule has 0 bridgehead atoms. The van der Waals surface area contributed by atoms with Gasteiger partial charge in [0.15, 0.2) is 0 Å². The fourth-order valence-corrected chi connectivity index (χ4v) is 2.20. The Hall–Kier alpha value is -1.77. The van der Waals surface area contributed by atoms with E-state index in [9.17, 15) is 23.7 Å². The van der Waals surface area contributed by atoms with Crippen LogP contribution >= 0.6 is 15.9 Å². The number of hydrogen-bond donors (Lipinski definition) is 0. The highest BCUT2D eigenvalue weighted by Gasteiger charge is 2.23. The van der Waals surface area contributed by atoms with Crippen LogP contribution in [0.2, 0.25) is 0 Å². The monoisotopic (exact) mass is 367 g/mol. The predicted molar refractivity (Wildman–Crippen MR) is 72.7 cm³/mol. The van der Waals surface area contributed by atoms with Crippen molar-refractivity contribution in [2.45, 2.75) is 25.3 Å². The van der Waals surface area contributed by atoms with E-state index in [0.717, 1.165) is 6.07 Å². The second-order valence-corrected chi connectivity index (χ2v) is 4.39. The van der Waals surface area contributed by atoms with Crippen LogP contribution in [0.3, 0.4) is 0 Å². The first kappa shape index (κ1) is 17.3. The zero-order chi connectivity index (χ0) is 16.0. The molecule has 9 heteroatoms. The number of rotatable bonds is 7. The second kappa shape index (κ2) is 7.87. The van der Waals surface area contributed by atoms with Gasteiger partial charge in [-0.1, -0.05) is 15.9 Å². The summed E-state index contributed by atoms with van der Waals surface area (Å²) in [6.07, 6.45) is -0.319. The lowest BCUT2D eigenvalue weighted by molar-refractivity contribution is -0.385. The van der Waals surface area contributed by atoms with E-state index in [-0.39, 0.29) is 29.7 Å². The zero-order valence-electron chi connectivity index (χ0n) is 11.0. The molecule has 0 aromatic heterocycles. The third-order valence-corrected chi connectivity index (χ3v) is 3.09. The second-order valence-electron chi connectivity index (χ2n) is 3.83. The highest BCUT2D eigenvalue weighted by molar-refractivity contribution is 9.08. The van der Waals surface area contributed by atoms with Gasteiger partial charge >= 0.3 is 12.6 Å². The van der Waals surface area contributed by atoms with Crippen LogP contribution in [-0.2, 0) is 21.3 Å². The van der Waals surface area contributed by atoms with Gasteiger partial charge in [0.25, 0.3) is 5.69 Å². The van der Waals surface area contributed by atoms with E-state index in [2.05, 4.69) is 20.7 Å². The Kier molecular flexibility index (Phi) is 6.47. The summed E-state index contributed by atoms with van der Waals surface area (Å²) in [5.74, 6) is -0.968. The topological polar surface area (TPSA) is 78.7 Å². The van der Waals surface area contributed by atoms with Gasteiger partial charge in [-0.25, -0.2) is 0 Å². The molecular formula is C12H12BrF2NO5. The molecule has 21 heavy (non-hydrogen) atoms. The van der Waals surface area contributed by atoms with Gasteiger partial charge in [-0.05, 0) is 18.6 Å². The lowest BCUT2D eigenvalue weighted by atomic mass is 10.0. The van der Waals surface area contributed by atoms with Gasteiger partial charge in [0.05, 0.1) is 24.0 Å². The van der Waals surface area contributed by atoms with Crippen molar-refractivity contribution in [2.75, 3.05) is 6.61 Å². The minimum atomic E-state index is -3.09. The van der Waals surface area contributed by atoms with Crippen LogP contribution in [0.15, 0.2) is 12.1 Å². The maximum Gasteiger partial charge on any atom is 0.387 e. The molecule has 0 spiro atoms.